The van der Waals surface area contributed by atoms with E-state index < -0.39 is 5.82 Å². The summed E-state index contributed by atoms with van der Waals surface area (Å²) in [6.45, 7) is 4.67. The molecule has 0 aliphatic rings. The van der Waals surface area contributed by atoms with E-state index in [0.29, 0.717) is 23.3 Å². The number of anilines is 1. The van der Waals surface area contributed by atoms with Gasteiger partial charge < -0.3 is 14.6 Å². The number of carbonyl (C=O) groups excluding carboxylic acids is 1. The fraction of sp³-hybridized carbons (Fsp3) is 0.250. The number of aryl methyl sites for hydroxylation is 1. The largest absolute Gasteiger partial charge is 0.486 e. The summed E-state index contributed by atoms with van der Waals surface area (Å²) in [6.07, 6.45) is 0. The number of carbonyl (C=O) groups is 1. The molecule has 6 nitrogen and oxygen atoms in total. The lowest BCUT2D eigenvalue weighted by Gasteiger charge is -2.10. The number of halogens is 2. The summed E-state index contributed by atoms with van der Waals surface area (Å²) >= 11 is 7.07. The Morgan fingerprint density at radius 3 is 2.79 bits per heavy atom. The lowest BCUT2D eigenvalue weighted by molar-refractivity contribution is -0.113. The molecule has 1 heterocycles. The molecule has 0 spiro atoms. The van der Waals surface area contributed by atoms with Crippen LogP contribution in [0.3, 0.4) is 0 Å². The highest BCUT2D eigenvalue weighted by Gasteiger charge is 2.14. The van der Waals surface area contributed by atoms with Crippen molar-refractivity contribution < 1.29 is 13.9 Å². The number of aromatic nitrogens is 3. The van der Waals surface area contributed by atoms with Crippen molar-refractivity contribution in [3.8, 4) is 5.75 Å². The van der Waals surface area contributed by atoms with Gasteiger partial charge in [-0.25, -0.2) is 4.39 Å². The standard InChI is InChI=1S/C20H20ClFN4O2S/c1-3-26-18(11-28-14-8-9-16(22)15(21)10-14)24-25-20(26)29-12-19(27)23-17-7-5-4-6-13(17)2/h4-10H,3,11-12H2,1-2H3,(H,23,27). The molecule has 0 saturated heterocycles. The minimum Gasteiger partial charge on any atom is -0.486 e. The molecule has 1 N–H and O–H groups in total. The van der Waals surface area contributed by atoms with Gasteiger partial charge >= 0.3 is 0 Å². The Morgan fingerprint density at radius 2 is 2.07 bits per heavy atom. The molecule has 0 saturated carbocycles. The van der Waals surface area contributed by atoms with Crippen molar-refractivity contribution in [3.05, 3.63) is 64.7 Å². The first-order valence-corrected chi connectivity index (χ1v) is 10.3. The lowest BCUT2D eigenvalue weighted by Crippen LogP contribution is -2.15. The number of benzene rings is 2. The summed E-state index contributed by atoms with van der Waals surface area (Å²) < 4.78 is 20.8. The molecule has 2 aromatic carbocycles. The number of nitrogens with zero attached hydrogens (tertiary/aromatic N) is 3. The van der Waals surface area contributed by atoms with Crippen molar-refractivity contribution in [2.24, 2.45) is 0 Å². The molecule has 0 bridgehead atoms. The van der Waals surface area contributed by atoms with Gasteiger partial charge in [-0.3, -0.25) is 4.79 Å². The molecule has 0 aliphatic heterocycles. The van der Waals surface area contributed by atoms with Crippen LogP contribution in [-0.2, 0) is 17.9 Å². The second kappa shape index (κ2) is 9.76. The van der Waals surface area contributed by atoms with E-state index in [2.05, 4.69) is 15.5 Å². The van der Waals surface area contributed by atoms with Crippen molar-refractivity contribution in [1.29, 1.82) is 0 Å². The summed E-state index contributed by atoms with van der Waals surface area (Å²) in [7, 11) is 0. The number of hydrogen-bond donors (Lipinski definition) is 1. The third-order valence-corrected chi connectivity index (χ3v) is 5.38. The van der Waals surface area contributed by atoms with Crippen LogP contribution in [0.4, 0.5) is 10.1 Å². The van der Waals surface area contributed by atoms with E-state index in [1.807, 2.05) is 42.7 Å². The summed E-state index contributed by atoms with van der Waals surface area (Å²) in [5.41, 5.74) is 1.80. The molecule has 152 valence electrons. The molecular formula is C20H20ClFN4O2S. The highest BCUT2D eigenvalue weighted by atomic mass is 35.5. The Balaban J connectivity index is 1.59. The predicted molar refractivity (Wildman–Crippen MR) is 112 cm³/mol. The number of amides is 1. The SMILES string of the molecule is CCn1c(COc2ccc(F)c(Cl)c2)nnc1SCC(=O)Nc1ccccc1C. The van der Waals surface area contributed by atoms with E-state index >= 15 is 0 Å². The summed E-state index contributed by atoms with van der Waals surface area (Å²) in [5.74, 6) is 0.636. The van der Waals surface area contributed by atoms with Gasteiger partial charge in [-0.15, -0.1) is 10.2 Å². The maximum Gasteiger partial charge on any atom is 0.234 e. The van der Waals surface area contributed by atoms with Crippen molar-refractivity contribution in [2.75, 3.05) is 11.1 Å². The highest BCUT2D eigenvalue weighted by molar-refractivity contribution is 7.99. The van der Waals surface area contributed by atoms with Gasteiger partial charge in [0.05, 0.1) is 10.8 Å². The number of para-hydroxylation sites is 1. The van der Waals surface area contributed by atoms with E-state index in [4.69, 9.17) is 16.3 Å². The Kier molecular flexibility index (Phi) is 7.11. The minimum atomic E-state index is -0.501. The molecule has 0 aliphatic carbocycles. The van der Waals surface area contributed by atoms with Crippen molar-refractivity contribution in [3.63, 3.8) is 0 Å². The Bertz CT molecular complexity index is 1010. The molecule has 3 rings (SSSR count). The fourth-order valence-electron chi connectivity index (χ4n) is 2.59. The minimum absolute atomic E-state index is 0.00429. The topological polar surface area (TPSA) is 69.0 Å². The van der Waals surface area contributed by atoms with Crippen LogP contribution in [0.1, 0.15) is 18.3 Å². The molecule has 0 unspecified atom stereocenters. The Morgan fingerprint density at radius 1 is 1.28 bits per heavy atom. The highest BCUT2D eigenvalue weighted by Crippen LogP contribution is 2.23. The zero-order chi connectivity index (χ0) is 20.8. The van der Waals surface area contributed by atoms with Crippen molar-refractivity contribution >= 4 is 35.0 Å². The van der Waals surface area contributed by atoms with E-state index in [0.717, 1.165) is 11.3 Å². The average molecular weight is 435 g/mol. The van der Waals surface area contributed by atoms with Gasteiger partial charge in [-0.05, 0) is 37.6 Å². The van der Waals surface area contributed by atoms with Gasteiger partial charge in [0, 0.05) is 18.3 Å². The quantitative estimate of drug-likeness (QED) is 0.520. The number of rotatable bonds is 8. The molecule has 0 atom stereocenters. The molecule has 0 fully saturated rings. The molecule has 1 amide bonds. The second-order valence-corrected chi connectivity index (χ2v) is 7.51. The van der Waals surface area contributed by atoms with Crippen LogP contribution in [0.15, 0.2) is 47.6 Å². The van der Waals surface area contributed by atoms with Crippen LogP contribution in [0.2, 0.25) is 5.02 Å². The van der Waals surface area contributed by atoms with Gasteiger partial charge in [0.2, 0.25) is 5.91 Å². The van der Waals surface area contributed by atoms with Gasteiger partial charge in [0.1, 0.15) is 18.2 Å². The normalized spacial score (nSPS) is 10.8. The van der Waals surface area contributed by atoms with E-state index in [1.54, 1.807) is 0 Å². The number of nitrogens with one attached hydrogen (secondary N) is 1. The second-order valence-electron chi connectivity index (χ2n) is 6.16. The van der Waals surface area contributed by atoms with Gasteiger partial charge in [0.15, 0.2) is 11.0 Å². The number of thioether (sulfide) groups is 1. The van der Waals surface area contributed by atoms with Crippen LogP contribution in [-0.4, -0.2) is 26.4 Å². The van der Waals surface area contributed by atoms with Gasteiger partial charge in [0.25, 0.3) is 0 Å². The van der Waals surface area contributed by atoms with Crippen LogP contribution in [0.25, 0.3) is 0 Å². The smallest absolute Gasteiger partial charge is 0.234 e. The van der Waals surface area contributed by atoms with Crippen LogP contribution in [0, 0.1) is 12.7 Å². The van der Waals surface area contributed by atoms with Gasteiger partial charge in [-0.1, -0.05) is 41.6 Å². The maximum atomic E-state index is 13.2. The third kappa shape index (κ3) is 5.48. The summed E-state index contributed by atoms with van der Waals surface area (Å²) in [6, 6.07) is 11.8. The summed E-state index contributed by atoms with van der Waals surface area (Å²) in [5, 5.41) is 11.8. The third-order valence-electron chi connectivity index (χ3n) is 4.12. The first-order valence-electron chi connectivity index (χ1n) is 8.96. The van der Waals surface area contributed by atoms with E-state index in [9.17, 15) is 9.18 Å². The number of ether oxygens (including phenoxy) is 1. The molecule has 1 aromatic heterocycles. The molecular weight excluding hydrogens is 415 g/mol. The van der Waals surface area contributed by atoms with Crippen molar-refractivity contribution in [2.45, 2.75) is 32.2 Å². The van der Waals surface area contributed by atoms with E-state index in [-0.39, 0.29) is 23.3 Å². The monoisotopic (exact) mass is 434 g/mol. The van der Waals surface area contributed by atoms with Crippen LogP contribution >= 0.6 is 23.4 Å². The first-order chi connectivity index (χ1) is 14.0. The lowest BCUT2D eigenvalue weighted by atomic mass is 10.2. The van der Waals surface area contributed by atoms with E-state index in [1.165, 1.54) is 30.0 Å². The summed E-state index contributed by atoms with van der Waals surface area (Å²) in [4.78, 5) is 12.3. The van der Waals surface area contributed by atoms with Crippen molar-refractivity contribution in [1.82, 2.24) is 14.8 Å². The van der Waals surface area contributed by atoms with Crippen LogP contribution < -0.4 is 10.1 Å². The Hall–Kier alpha value is -2.58. The number of hydrogen-bond acceptors (Lipinski definition) is 5. The fourth-order valence-corrected chi connectivity index (χ4v) is 3.59. The first kappa shape index (κ1) is 21.1. The average Bonchev–Trinajstić information content (AvgIpc) is 3.11. The zero-order valence-corrected chi connectivity index (χ0v) is 17.6. The maximum absolute atomic E-state index is 13.2. The molecule has 9 heteroatoms. The predicted octanol–water partition coefficient (Wildman–Crippen LogP) is 4.71. The van der Waals surface area contributed by atoms with Gasteiger partial charge in [-0.2, -0.15) is 0 Å². The molecule has 29 heavy (non-hydrogen) atoms. The Labute approximate surface area is 177 Å². The molecule has 0 radical (unpaired) electrons. The van der Waals surface area contributed by atoms with Crippen LogP contribution in [0.5, 0.6) is 5.75 Å². The zero-order valence-electron chi connectivity index (χ0n) is 16.0. The molecule has 3 aromatic rings.